The highest BCUT2D eigenvalue weighted by Gasteiger charge is 2.16. The number of phenolic OH excluding ortho intramolecular Hbond substituents is 1. The first-order valence-corrected chi connectivity index (χ1v) is 6.85. The van der Waals surface area contributed by atoms with E-state index < -0.39 is 0 Å². The number of aromatic hydroxyl groups is 1. The van der Waals surface area contributed by atoms with Crippen molar-refractivity contribution in [2.24, 2.45) is 0 Å². The number of aromatic nitrogens is 2. The monoisotopic (exact) mass is 300 g/mol. The van der Waals surface area contributed by atoms with E-state index in [0.717, 1.165) is 5.56 Å². The smallest absolute Gasteiger partial charge is 0.259 e. The summed E-state index contributed by atoms with van der Waals surface area (Å²) in [5, 5.41) is 11.3. The summed E-state index contributed by atoms with van der Waals surface area (Å²) in [6, 6.07) is 8.63. The summed E-state index contributed by atoms with van der Waals surface area (Å²) in [7, 11) is 0. The second-order valence-corrected chi connectivity index (χ2v) is 5.34. The maximum atomic E-state index is 12.1. The molecule has 0 aliphatic rings. The van der Waals surface area contributed by atoms with Crippen LogP contribution in [-0.4, -0.2) is 15.1 Å². The first-order valence-electron chi connectivity index (χ1n) is 6.47. The molecule has 0 saturated carbocycles. The number of halogens is 1. The number of H-pyrrole nitrogens is 1. The lowest BCUT2D eigenvalue weighted by molar-refractivity contribution is 0.476. The predicted octanol–water partition coefficient (Wildman–Crippen LogP) is 3.57. The molecule has 1 aromatic heterocycles. The van der Waals surface area contributed by atoms with Gasteiger partial charge in [0.1, 0.15) is 11.6 Å². The summed E-state index contributed by atoms with van der Waals surface area (Å²) in [4.78, 5) is 19.3. The summed E-state index contributed by atoms with van der Waals surface area (Å²) >= 11 is 6.23. The Morgan fingerprint density at radius 2 is 1.95 bits per heavy atom. The van der Waals surface area contributed by atoms with Crippen molar-refractivity contribution in [2.45, 2.75) is 13.8 Å². The Morgan fingerprint density at radius 1 is 1.24 bits per heavy atom. The Kier molecular flexibility index (Phi) is 3.18. The summed E-state index contributed by atoms with van der Waals surface area (Å²) in [6.07, 6.45) is 0. The van der Waals surface area contributed by atoms with Gasteiger partial charge >= 0.3 is 0 Å². The highest BCUT2D eigenvalue weighted by molar-refractivity contribution is 6.32. The normalized spacial score (nSPS) is 11.0. The number of aromatic amines is 1. The fraction of sp³-hybridized carbons (Fsp3) is 0.125. The third-order valence-corrected chi connectivity index (χ3v) is 4.09. The third kappa shape index (κ3) is 2.17. The van der Waals surface area contributed by atoms with Crippen LogP contribution in [0.5, 0.6) is 5.75 Å². The number of aryl methyl sites for hydroxylation is 1. The molecule has 106 valence electrons. The van der Waals surface area contributed by atoms with Gasteiger partial charge in [0, 0.05) is 5.02 Å². The second kappa shape index (κ2) is 4.90. The molecule has 4 nitrogen and oxygen atoms in total. The van der Waals surface area contributed by atoms with Crippen LogP contribution in [0.4, 0.5) is 0 Å². The molecule has 0 amide bonds. The van der Waals surface area contributed by atoms with Crippen LogP contribution in [0.1, 0.15) is 11.1 Å². The minimum atomic E-state index is -0.244. The van der Waals surface area contributed by atoms with Gasteiger partial charge < -0.3 is 10.1 Å². The van der Waals surface area contributed by atoms with Crippen molar-refractivity contribution in [3.05, 3.63) is 56.8 Å². The average molecular weight is 301 g/mol. The molecule has 0 unspecified atom stereocenters. The summed E-state index contributed by atoms with van der Waals surface area (Å²) < 4.78 is 0. The number of benzene rings is 2. The van der Waals surface area contributed by atoms with Gasteiger partial charge in [0.25, 0.3) is 5.56 Å². The van der Waals surface area contributed by atoms with Gasteiger partial charge in [-0.05, 0) is 43.2 Å². The minimum Gasteiger partial charge on any atom is -0.507 e. The van der Waals surface area contributed by atoms with E-state index in [1.807, 2.05) is 13.0 Å². The van der Waals surface area contributed by atoms with Crippen LogP contribution >= 0.6 is 11.6 Å². The van der Waals surface area contributed by atoms with Crippen molar-refractivity contribution < 1.29 is 5.11 Å². The molecule has 0 bridgehead atoms. The van der Waals surface area contributed by atoms with Crippen molar-refractivity contribution in [3.8, 4) is 17.1 Å². The zero-order valence-electron chi connectivity index (χ0n) is 11.6. The van der Waals surface area contributed by atoms with E-state index in [0.29, 0.717) is 32.9 Å². The van der Waals surface area contributed by atoms with Crippen molar-refractivity contribution in [1.29, 1.82) is 0 Å². The quantitative estimate of drug-likeness (QED) is 0.722. The Hall–Kier alpha value is -2.33. The molecule has 21 heavy (non-hydrogen) atoms. The van der Waals surface area contributed by atoms with E-state index in [1.165, 1.54) is 0 Å². The number of fused-ring (bicyclic) bond motifs is 1. The first-order chi connectivity index (χ1) is 9.99. The number of nitrogens with zero attached hydrogens (tertiary/aromatic N) is 1. The predicted molar refractivity (Wildman–Crippen MR) is 83.9 cm³/mol. The van der Waals surface area contributed by atoms with E-state index >= 15 is 0 Å². The number of hydrogen-bond acceptors (Lipinski definition) is 3. The molecular weight excluding hydrogens is 288 g/mol. The van der Waals surface area contributed by atoms with E-state index in [2.05, 4.69) is 9.97 Å². The topological polar surface area (TPSA) is 66.0 Å². The van der Waals surface area contributed by atoms with Gasteiger partial charge in [0.2, 0.25) is 0 Å². The van der Waals surface area contributed by atoms with Gasteiger partial charge in [-0.25, -0.2) is 4.98 Å². The van der Waals surface area contributed by atoms with Crippen molar-refractivity contribution in [3.63, 3.8) is 0 Å². The van der Waals surface area contributed by atoms with Crippen LogP contribution in [0.25, 0.3) is 22.3 Å². The highest BCUT2D eigenvalue weighted by atomic mass is 35.5. The van der Waals surface area contributed by atoms with Gasteiger partial charge in [0.05, 0.1) is 16.5 Å². The molecular formula is C16H13ClN2O2. The maximum absolute atomic E-state index is 12.1. The number of para-hydroxylation sites is 1. The molecule has 3 aromatic rings. The Labute approximate surface area is 126 Å². The Morgan fingerprint density at radius 3 is 2.71 bits per heavy atom. The molecule has 0 saturated heterocycles. The fourth-order valence-corrected chi connectivity index (χ4v) is 2.59. The number of rotatable bonds is 1. The van der Waals surface area contributed by atoms with Crippen LogP contribution in [-0.2, 0) is 0 Å². The van der Waals surface area contributed by atoms with Gasteiger partial charge in [-0.3, -0.25) is 4.79 Å². The first kappa shape index (κ1) is 13.6. The summed E-state index contributed by atoms with van der Waals surface area (Å²) in [5.41, 5.74) is 2.25. The number of hydrogen-bond donors (Lipinski definition) is 2. The standard InChI is InChI=1S/C16H13ClN2O2/c1-8-7-12(20)13(9(2)14(8)17)15-18-11-6-4-3-5-10(11)16(21)19-15/h3-7,20H,1-2H3,(H,18,19,21). The maximum Gasteiger partial charge on any atom is 0.259 e. The SMILES string of the molecule is Cc1cc(O)c(-c2nc3ccccc3c(=O)[nH]2)c(C)c1Cl. The van der Waals surface area contributed by atoms with E-state index in [1.54, 1.807) is 31.2 Å². The number of nitrogens with one attached hydrogen (secondary N) is 1. The summed E-state index contributed by atoms with van der Waals surface area (Å²) in [5.74, 6) is 0.364. The highest BCUT2D eigenvalue weighted by Crippen LogP contribution is 2.36. The van der Waals surface area contributed by atoms with E-state index in [9.17, 15) is 9.90 Å². The fourth-order valence-electron chi connectivity index (χ4n) is 2.44. The minimum absolute atomic E-state index is 0.0489. The summed E-state index contributed by atoms with van der Waals surface area (Å²) in [6.45, 7) is 3.61. The molecule has 0 atom stereocenters. The molecule has 0 aliphatic heterocycles. The molecule has 0 aliphatic carbocycles. The molecule has 5 heteroatoms. The second-order valence-electron chi connectivity index (χ2n) is 4.96. The molecule has 0 spiro atoms. The van der Waals surface area contributed by atoms with Gasteiger partial charge in [-0.2, -0.15) is 0 Å². The molecule has 3 rings (SSSR count). The van der Waals surface area contributed by atoms with Gasteiger partial charge in [-0.15, -0.1) is 0 Å². The molecule has 0 radical (unpaired) electrons. The zero-order chi connectivity index (χ0) is 15.1. The van der Waals surface area contributed by atoms with Crippen LogP contribution in [0.3, 0.4) is 0 Å². The van der Waals surface area contributed by atoms with E-state index in [4.69, 9.17) is 11.6 Å². The third-order valence-electron chi connectivity index (χ3n) is 3.51. The van der Waals surface area contributed by atoms with Crippen molar-refractivity contribution in [2.75, 3.05) is 0 Å². The van der Waals surface area contributed by atoms with Crippen LogP contribution in [0.15, 0.2) is 35.1 Å². The zero-order valence-corrected chi connectivity index (χ0v) is 12.3. The lowest BCUT2D eigenvalue weighted by Gasteiger charge is -2.12. The number of phenols is 1. The van der Waals surface area contributed by atoms with Crippen LogP contribution < -0.4 is 5.56 Å². The van der Waals surface area contributed by atoms with Gasteiger partial charge in [-0.1, -0.05) is 23.7 Å². The van der Waals surface area contributed by atoms with Gasteiger partial charge in [0.15, 0.2) is 0 Å². The molecule has 1 heterocycles. The largest absolute Gasteiger partial charge is 0.507 e. The lowest BCUT2D eigenvalue weighted by Crippen LogP contribution is -2.10. The molecule has 0 fully saturated rings. The van der Waals surface area contributed by atoms with E-state index in [-0.39, 0.29) is 11.3 Å². The van der Waals surface area contributed by atoms with Crippen LogP contribution in [0.2, 0.25) is 5.02 Å². The average Bonchev–Trinajstić information content (AvgIpc) is 2.45. The van der Waals surface area contributed by atoms with Crippen molar-refractivity contribution in [1.82, 2.24) is 9.97 Å². The molecule has 2 aromatic carbocycles. The van der Waals surface area contributed by atoms with Crippen molar-refractivity contribution >= 4 is 22.5 Å². The Bertz CT molecular complexity index is 916. The lowest BCUT2D eigenvalue weighted by atomic mass is 10.0. The molecule has 2 N–H and O–H groups in total. The Balaban J connectivity index is 2.36. The van der Waals surface area contributed by atoms with Crippen LogP contribution in [0, 0.1) is 13.8 Å².